The number of nitrogens with one attached hydrogen (secondary N) is 1. The number of alkyl halides is 2. The van der Waals surface area contributed by atoms with Gasteiger partial charge in [0.25, 0.3) is 0 Å². The van der Waals surface area contributed by atoms with E-state index in [1.165, 1.54) is 4.90 Å². The van der Waals surface area contributed by atoms with Crippen molar-refractivity contribution >= 4 is 55.3 Å². The zero-order chi connectivity index (χ0) is 18.7. The second kappa shape index (κ2) is 6.44. The molecule has 26 heavy (non-hydrogen) atoms. The molecule has 1 aromatic rings. The highest BCUT2D eigenvalue weighted by Crippen LogP contribution is 2.60. The Morgan fingerprint density at radius 2 is 1.73 bits per heavy atom. The first kappa shape index (κ1) is 18.2. The van der Waals surface area contributed by atoms with Gasteiger partial charge >= 0.3 is 0 Å². The quantitative estimate of drug-likeness (QED) is 0.530. The van der Waals surface area contributed by atoms with E-state index in [4.69, 9.17) is 0 Å². The summed E-state index contributed by atoms with van der Waals surface area (Å²) in [6, 6.07) is 6.64. The molecule has 1 aromatic carbocycles. The van der Waals surface area contributed by atoms with Crippen LogP contribution in [0, 0.1) is 30.6 Å². The molecule has 1 N–H and O–H groups in total. The van der Waals surface area contributed by atoms with Crippen molar-refractivity contribution in [2.45, 2.75) is 36.0 Å². The normalized spacial score (nSPS) is 36.4. The van der Waals surface area contributed by atoms with Crippen LogP contribution in [0.5, 0.6) is 0 Å². The summed E-state index contributed by atoms with van der Waals surface area (Å²) in [6.45, 7) is 3.57. The van der Waals surface area contributed by atoms with Crippen molar-refractivity contribution in [2.24, 2.45) is 23.7 Å². The molecule has 0 radical (unpaired) electrons. The Morgan fingerprint density at radius 3 is 2.27 bits per heavy atom. The molecule has 138 valence electrons. The molecule has 2 bridgehead atoms. The summed E-state index contributed by atoms with van der Waals surface area (Å²) in [7, 11) is 0. The highest BCUT2D eigenvalue weighted by molar-refractivity contribution is 9.12. The minimum absolute atomic E-state index is 0.155. The Balaban J connectivity index is 1.54. The third-order valence-electron chi connectivity index (χ3n) is 6.07. The molecule has 1 saturated heterocycles. The number of aryl methyl sites for hydroxylation is 1. The van der Waals surface area contributed by atoms with Gasteiger partial charge in [-0.15, -0.1) is 0 Å². The molecule has 4 rings (SSSR count). The van der Waals surface area contributed by atoms with E-state index >= 15 is 0 Å². The molecule has 0 aromatic heterocycles. The number of benzene rings is 1. The molecule has 1 aliphatic heterocycles. The van der Waals surface area contributed by atoms with Crippen molar-refractivity contribution in [3.05, 3.63) is 29.8 Å². The topological polar surface area (TPSA) is 66.5 Å². The first-order valence-corrected chi connectivity index (χ1v) is 10.7. The Bertz CT molecular complexity index is 767. The number of amides is 3. The number of likely N-dealkylation sites (tertiary alicyclic amines) is 1. The zero-order valence-electron chi connectivity index (χ0n) is 14.5. The maximum Gasteiger partial charge on any atom is 0.247 e. The number of carbonyl (C=O) groups is 3. The Labute approximate surface area is 169 Å². The highest BCUT2D eigenvalue weighted by atomic mass is 79.9. The molecular weight excluding hydrogens is 464 g/mol. The molecule has 7 heteroatoms. The predicted octanol–water partition coefficient (Wildman–Crippen LogP) is 3.10. The zero-order valence-corrected chi connectivity index (χ0v) is 17.7. The molecule has 2 aliphatic carbocycles. The third-order valence-corrected chi connectivity index (χ3v) is 9.28. The summed E-state index contributed by atoms with van der Waals surface area (Å²) < 4.78 is 0. The second-order valence-electron chi connectivity index (χ2n) is 7.59. The number of hydrogen-bond donors (Lipinski definition) is 1. The Morgan fingerprint density at radius 1 is 1.15 bits per heavy atom. The number of nitrogens with zero attached hydrogens (tertiary/aromatic N) is 1. The number of fused-ring (bicyclic) bond motifs is 5. The largest absolute Gasteiger partial charge is 0.324 e. The van der Waals surface area contributed by atoms with Crippen molar-refractivity contribution in [3.63, 3.8) is 0 Å². The molecule has 3 amide bonds. The molecule has 5 nitrogen and oxygen atoms in total. The van der Waals surface area contributed by atoms with Gasteiger partial charge in [-0.05, 0) is 49.8 Å². The van der Waals surface area contributed by atoms with Gasteiger partial charge in [-0.2, -0.15) is 0 Å². The van der Waals surface area contributed by atoms with Crippen molar-refractivity contribution in [1.29, 1.82) is 0 Å². The van der Waals surface area contributed by atoms with Crippen LogP contribution in [0.15, 0.2) is 24.3 Å². The van der Waals surface area contributed by atoms with Gasteiger partial charge in [0.2, 0.25) is 17.7 Å². The average molecular weight is 484 g/mol. The lowest BCUT2D eigenvalue weighted by atomic mass is 9.81. The Kier molecular flexibility index (Phi) is 4.50. The molecule has 3 aliphatic rings. The van der Waals surface area contributed by atoms with E-state index < -0.39 is 6.04 Å². The molecule has 3 fully saturated rings. The van der Waals surface area contributed by atoms with E-state index in [-0.39, 0.29) is 51.0 Å². The van der Waals surface area contributed by atoms with Crippen molar-refractivity contribution in [2.75, 3.05) is 5.32 Å². The SMILES string of the molecule is Cc1cccc(NC(=O)[C@H](C)N2C(=O)[C@@H]3[C@@H]4C[C@H]([C@H](Br)[C@@H]4Br)[C@@H]3C2=O)c1. The second-order valence-corrected chi connectivity index (χ2v) is 9.70. The number of hydrogen-bond acceptors (Lipinski definition) is 3. The number of rotatable bonds is 3. The number of anilines is 1. The van der Waals surface area contributed by atoms with Crippen LogP contribution in [0.25, 0.3) is 0 Å². The molecule has 0 unspecified atom stereocenters. The lowest BCUT2D eigenvalue weighted by Gasteiger charge is -2.28. The fourth-order valence-corrected chi connectivity index (χ4v) is 6.71. The summed E-state index contributed by atoms with van der Waals surface area (Å²) in [5, 5.41) is 2.82. The standard InChI is InChI=1S/C19H20Br2N2O3/c1-8-4-3-5-10(6-8)22-17(24)9(2)23-18(25)13-11-7-12(14(13)19(23)26)16(21)15(11)20/h3-6,9,11-16H,7H2,1-2H3,(H,22,24)/t9-,11-,12-,13-,14+,15-,16+/m0/s1. The maximum absolute atomic E-state index is 13.0. The van der Waals surface area contributed by atoms with Crippen molar-refractivity contribution in [1.82, 2.24) is 4.90 Å². The van der Waals surface area contributed by atoms with Crippen LogP contribution in [0.3, 0.4) is 0 Å². The van der Waals surface area contributed by atoms with Gasteiger partial charge in [0.05, 0.1) is 11.8 Å². The smallest absolute Gasteiger partial charge is 0.247 e. The summed E-state index contributed by atoms with van der Waals surface area (Å²) in [5.41, 5.74) is 1.70. The van der Waals surface area contributed by atoms with E-state index in [9.17, 15) is 14.4 Å². The van der Waals surface area contributed by atoms with Gasteiger partial charge in [0.1, 0.15) is 6.04 Å². The van der Waals surface area contributed by atoms with Gasteiger partial charge in [-0.25, -0.2) is 0 Å². The summed E-state index contributed by atoms with van der Waals surface area (Å²) in [6.07, 6.45) is 0.885. The number of halogens is 2. The van der Waals surface area contributed by atoms with Crippen LogP contribution in [0.4, 0.5) is 5.69 Å². The summed E-state index contributed by atoms with van der Waals surface area (Å²) in [5.74, 6) is -0.993. The predicted molar refractivity (Wildman–Crippen MR) is 105 cm³/mol. The van der Waals surface area contributed by atoms with Gasteiger partial charge < -0.3 is 5.32 Å². The van der Waals surface area contributed by atoms with Crippen LogP contribution >= 0.6 is 31.9 Å². The van der Waals surface area contributed by atoms with E-state index in [0.717, 1.165) is 12.0 Å². The van der Waals surface area contributed by atoms with E-state index in [2.05, 4.69) is 37.2 Å². The minimum atomic E-state index is -0.817. The maximum atomic E-state index is 13.0. The summed E-state index contributed by atoms with van der Waals surface area (Å²) >= 11 is 7.35. The van der Waals surface area contributed by atoms with E-state index in [1.54, 1.807) is 13.0 Å². The van der Waals surface area contributed by atoms with Gasteiger partial charge in [0, 0.05) is 15.3 Å². The van der Waals surface area contributed by atoms with Crippen LogP contribution in [-0.4, -0.2) is 38.3 Å². The van der Waals surface area contributed by atoms with Crippen LogP contribution in [0.2, 0.25) is 0 Å². The van der Waals surface area contributed by atoms with Gasteiger partial charge in [-0.3, -0.25) is 19.3 Å². The lowest BCUT2D eigenvalue weighted by molar-refractivity contribution is -0.146. The molecule has 0 spiro atoms. The van der Waals surface area contributed by atoms with Gasteiger partial charge in [0.15, 0.2) is 0 Å². The minimum Gasteiger partial charge on any atom is -0.324 e. The molecular formula is C19H20Br2N2O3. The van der Waals surface area contributed by atoms with Crippen molar-refractivity contribution < 1.29 is 14.4 Å². The first-order chi connectivity index (χ1) is 12.3. The fourth-order valence-electron chi connectivity index (χ4n) is 4.84. The van der Waals surface area contributed by atoms with Crippen molar-refractivity contribution in [3.8, 4) is 0 Å². The fraction of sp³-hybridized carbons (Fsp3) is 0.526. The van der Waals surface area contributed by atoms with E-state index in [1.807, 2.05) is 25.1 Å². The number of imide groups is 1. The molecule has 2 saturated carbocycles. The van der Waals surface area contributed by atoms with E-state index in [0.29, 0.717) is 5.69 Å². The van der Waals surface area contributed by atoms with Crippen LogP contribution in [0.1, 0.15) is 18.9 Å². The van der Waals surface area contributed by atoms with Crippen LogP contribution < -0.4 is 5.32 Å². The summed E-state index contributed by atoms with van der Waals surface area (Å²) in [4.78, 5) is 40.2. The van der Waals surface area contributed by atoms with Gasteiger partial charge in [-0.1, -0.05) is 44.0 Å². The first-order valence-electron chi connectivity index (χ1n) is 8.84. The average Bonchev–Trinajstić information content (AvgIpc) is 3.19. The molecule has 1 heterocycles. The monoisotopic (exact) mass is 482 g/mol. The lowest BCUT2D eigenvalue weighted by Crippen LogP contribution is -2.46. The Hall–Kier alpha value is -1.21. The van der Waals surface area contributed by atoms with Crippen LogP contribution in [-0.2, 0) is 14.4 Å². The third kappa shape index (κ3) is 2.58. The number of carbonyl (C=O) groups excluding carboxylic acids is 3. The highest BCUT2D eigenvalue weighted by Gasteiger charge is 2.67. The molecule has 7 atom stereocenters.